The van der Waals surface area contributed by atoms with Crippen LogP contribution in [-0.2, 0) is 11.4 Å². The van der Waals surface area contributed by atoms with E-state index in [1.807, 2.05) is 6.92 Å². The minimum Gasteiger partial charge on any atom is -0.495 e. The molecule has 1 fully saturated rings. The third kappa shape index (κ3) is 5.70. The lowest BCUT2D eigenvalue weighted by Gasteiger charge is -2.16. The Kier molecular flexibility index (Phi) is 8.56. The molecule has 3 aromatic carbocycles. The van der Waals surface area contributed by atoms with Gasteiger partial charge in [0.25, 0.3) is 5.91 Å². The van der Waals surface area contributed by atoms with Crippen LogP contribution in [0.25, 0.3) is 6.08 Å². The van der Waals surface area contributed by atoms with Gasteiger partial charge in [0.15, 0.2) is 15.8 Å². The maximum Gasteiger partial charge on any atom is 0.270 e. The number of carbonyl (C=O) groups is 1. The zero-order chi connectivity index (χ0) is 25.8. The number of ether oxygens (including phenoxy) is 3. The van der Waals surface area contributed by atoms with Gasteiger partial charge in [0, 0.05) is 5.56 Å². The number of thiocarbonyl (C=S) groups is 1. The van der Waals surface area contributed by atoms with E-state index < -0.39 is 0 Å². The molecule has 186 valence electrons. The zero-order valence-corrected chi connectivity index (χ0v) is 23.2. The predicted octanol–water partition coefficient (Wildman–Crippen LogP) is 7.63. The van der Waals surface area contributed by atoms with Crippen LogP contribution < -0.4 is 19.1 Å². The summed E-state index contributed by atoms with van der Waals surface area (Å²) in [5.74, 6) is 0.806. The van der Waals surface area contributed by atoms with Crippen molar-refractivity contribution < 1.29 is 23.4 Å². The van der Waals surface area contributed by atoms with Crippen LogP contribution in [0.2, 0.25) is 5.02 Å². The van der Waals surface area contributed by atoms with E-state index in [0.29, 0.717) is 59.4 Å². The van der Waals surface area contributed by atoms with E-state index in [2.05, 4.69) is 15.9 Å². The summed E-state index contributed by atoms with van der Waals surface area (Å²) in [6.07, 6.45) is 1.73. The molecule has 0 radical (unpaired) electrons. The van der Waals surface area contributed by atoms with E-state index in [4.69, 9.17) is 38.0 Å². The van der Waals surface area contributed by atoms with Gasteiger partial charge in [-0.3, -0.25) is 9.69 Å². The van der Waals surface area contributed by atoms with Gasteiger partial charge < -0.3 is 14.2 Å². The van der Waals surface area contributed by atoms with Gasteiger partial charge in [-0.25, -0.2) is 4.39 Å². The van der Waals surface area contributed by atoms with E-state index in [1.54, 1.807) is 54.6 Å². The van der Waals surface area contributed by atoms with Crippen LogP contribution in [0, 0.1) is 5.82 Å². The Labute approximate surface area is 231 Å². The lowest BCUT2D eigenvalue weighted by Crippen LogP contribution is -2.27. The van der Waals surface area contributed by atoms with Crippen molar-refractivity contribution in [1.82, 2.24) is 0 Å². The molecule has 10 heteroatoms. The standard InChI is InChI=1S/C26H20BrClFNO4S2/c1-3-33-22-11-15(10-18(27)24(22)34-14-16-6-4-5-7-20(16)29)12-23-25(31)30(26(35)36-23)17-8-9-21(32-2)19(28)13-17/h4-13H,3,14H2,1-2H3/b23-12-. The third-order valence-electron chi connectivity index (χ3n) is 5.15. The third-order valence-corrected chi connectivity index (χ3v) is 7.33. The lowest BCUT2D eigenvalue weighted by atomic mass is 10.1. The molecular weight excluding hydrogens is 589 g/mol. The van der Waals surface area contributed by atoms with Crippen molar-refractivity contribution in [2.45, 2.75) is 13.5 Å². The van der Waals surface area contributed by atoms with Crippen molar-refractivity contribution in [1.29, 1.82) is 0 Å². The number of benzene rings is 3. The van der Waals surface area contributed by atoms with E-state index in [0.717, 1.165) is 0 Å². The number of methoxy groups -OCH3 is 1. The highest BCUT2D eigenvalue weighted by atomic mass is 79.9. The summed E-state index contributed by atoms with van der Waals surface area (Å²) in [5, 5.41) is 0.379. The van der Waals surface area contributed by atoms with Crippen molar-refractivity contribution in [3.8, 4) is 17.2 Å². The quantitative estimate of drug-likeness (QED) is 0.194. The average Bonchev–Trinajstić information content (AvgIpc) is 3.12. The molecule has 36 heavy (non-hydrogen) atoms. The van der Waals surface area contributed by atoms with Gasteiger partial charge in [-0.2, -0.15) is 0 Å². The highest BCUT2D eigenvalue weighted by molar-refractivity contribution is 9.10. The molecule has 3 aromatic rings. The first-order valence-corrected chi connectivity index (χ1v) is 13.2. The van der Waals surface area contributed by atoms with Crippen molar-refractivity contribution in [2.75, 3.05) is 18.6 Å². The molecule has 0 N–H and O–H groups in total. The molecule has 0 unspecified atom stereocenters. The molecule has 1 saturated heterocycles. The first kappa shape index (κ1) is 26.5. The first-order valence-electron chi connectivity index (χ1n) is 10.8. The number of hydrogen-bond acceptors (Lipinski definition) is 6. The number of carbonyl (C=O) groups excluding carboxylic acids is 1. The molecule has 0 atom stereocenters. The van der Waals surface area contributed by atoms with E-state index in [9.17, 15) is 9.18 Å². The Bertz CT molecular complexity index is 1370. The van der Waals surface area contributed by atoms with Crippen LogP contribution in [0.1, 0.15) is 18.1 Å². The second kappa shape index (κ2) is 11.6. The van der Waals surface area contributed by atoms with Crippen molar-refractivity contribution in [3.63, 3.8) is 0 Å². The number of amides is 1. The van der Waals surface area contributed by atoms with Gasteiger partial charge in [-0.1, -0.05) is 53.8 Å². The summed E-state index contributed by atoms with van der Waals surface area (Å²) in [7, 11) is 1.52. The first-order chi connectivity index (χ1) is 17.3. The van der Waals surface area contributed by atoms with Crippen molar-refractivity contribution in [2.24, 2.45) is 0 Å². The number of nitrogens with zero attached hydrogens (tertiary/aromatic N) is 1. The molecule has 0 aromatic heterocycles. The second-order valence-corrected chi connectivity index (χ2v) is 10.4. The second-order valence-electron chi connectivity index (χ2n) is 7.48. The van der Waals surface area contributed by atoms with Gasteiger partial charge in [0.05, 0.1) is 33.8 Å². The fourth-order valence-corrected chi connectivity index (χ4v) is 5.60. The predicted molar refractivity (Wildman–Crippen MR) is 150 cm³/mol. The number of thioether (sulfide) groups is 1. The smallest absolute Gasteiger partial charge is 0.270 e. The van der Waals surface area contributed by atoms with Crippen LogP contribution in [0.15, 0.2) is 64.0 Å². The lowest BCUT2D eigenvalue weighted by molar-refractivity contribution is -0.113. The Balaban J connectivity index is 1.61. The van der Waals surface area contributed by atoms with E-state index in [-0.39, 0.29) is 18.3 Å². The SMILES string of the molecule is CCOc1cc(/C=C2\SC(=S)N(c3ccc(OC)c(Cl)c3)C2=O)cc(Br)c1OCc1ccccc1F. The van der Waals surface area contributed by atoms with Gasteiger partial charge >= 0.3 is 0 Å². The minimum atomic E-state index is -0.344. The van der Waals surface area contributed by atoms with Crippen LogP contribution in [-0.4, -0.2) is 23.9 Å². The van der Waals surface area contributed by atoms with Gasteiger partial charge in [-0.15, -0.1) is 0 Å². The molecule has 1 amide bonds. The highest BCUT2D eigenvalue weighted by Gasteiger charge is 2.33. The summed E-state index contributed by atoms with van der Waals surface area (Å²) in [6, 6.07) is 15.0. The molecular formula is C26H20BrClFNO4S2. The van der Waals surface area contributed by atoms with E-state index >= 15 is 0 Å². The number of rotatable bonds is 8. The van der Waals surface area contributed by atoms with E-state index in [1.165, 1.54) is 29.8 Å². The minimum absolute atomic E-state index is 0.0355. The van der Waals surface area contributed by atoms with Crippen LogP contribution in [0.5, 0.6) is 17.2 Å². The summed E-state index contributed by atoms with van der Waals surface area (Å²) >= 11 is 16.4. The number of anilines is 1. The van der Waals surface area contributed by atoms with Gasteiger partial charge in [0.1, 0.15) is 18.2 Å². The monoisotopic (exact) mass is 607 g/mol. The molecule has 1 aliphatic rings. The Morgan fingerprint density at radius 2 is 1.92 bits per heavy atom. The van der Waals surface area contributed by atoms with Crippen molar-refractivity contribution in [3.05, 3.63) is 85.9 Å². The maximum absolute atomic E-state index is 14.0. The summed E-state index contributed by atoms with van der Waals surface area (Å²) in [4.78, 5) is 15.1. The molecule has 4 rings (SSSR count). The molecule has 1 aliphatic heterocycles. The molecule has 1 heterocycles. The van der Waals surface area contributed by atoms with Gasteiger partial charge in [-0.05, 0) is 70.9 Å². The van der Waals surface area contributed by atoms with Gasteiger partial charge in [0.2, 0.25) is 0 Å². The topological polar surface area (TPSA) is 48.0 Å². The number of hydrogen-bond donors (Lipinski definition) is 0. The molecule has 0 spiro atoms. The Hall–Kier alpha value is -2.59. The molecule has 0 aliphatic carbocycles. The zero-order valence-electron chi connectivity index (χ0n) is 19.2. The maximum atomic E-state index is 14.0. The number of halogens is 3. The van der Waals surface area contributed by atoms with Crippen LogP contribution in [0.3, 0.4) is 0 Å². The fourth-order valence-electron chi connectivity index (χ4n) is 3.48. The highest BCUT2D eigenvalue weighted by Crippen LogP contribution is 2.41. The normalized spacial score (nSPS) is 14.5. The Morgan fingerprint density at radius 1 is 1.14 bits per heavy atom. The summed E-state index contributed by atoms with van der Waals surface area (Å²) < 4.78 is 31.9. The summed E-state index contributed by atoms with van der Waals surface area (Å²) in [5.41, 5.74) is 1.69. The van der Waals surface area contributed by atoms with Crippen LogP contribution >= 0.6 is 51.5 Å². The Morgan fingerprint density at radius 3 is 2.61 bits per heavy atom. The molecule has 5 nitrogen and oxygen atoms in total. The molecule has 0 bridgehead atoms. The largest absolute Gasteiger partial charge is 0.495 e. The van der Waals surface area contributed by atoms with Crippen LogP contribution in [0.4, 0.5) is 10.1 Å². The molecule has 0 saturated carbocycles. The average molecular weight is 609 g/mol. The van der Waals surface area contributed by atoms with Crippen molar-refractivity contribution >= 4 is 73.5 Å². The summed E-state index contributed by atoms with van der Waals surface area (Å²) in [6.45, 7) is 2.28. The fraction of sp³-hybridized carbons (Fsp3) is 0.154.